The second-order valence-electron chi connectivity index (χ2n) is 6.80. The summed E-state index contributed by atoms with van der Waals surface area (Å²) in [6, 6.07) is 1.99. The van der Waals surface area contributed by atoms with Gasteiger partial charge in [-0.05, 0) is 26.7 Å². The van der Waals surface area contributed by atoms with Gasteiger partial charge in [-0.15, -0.1) is 10.2 Å². The molecule has 0 saturated carbocycles. The highest BCUT2D eigenvalue weighted by molar-refractivity contribution is 5.43. The molecule has 0 aromatic carbocycles. The molecule has 0 radical (unpaired) electrons. The van der Waals surface area contributed by atoms with Crippen molar-refractivity contribution in [3.8, 4) is 0 Å². The van der Waals surface area contributed by atoms with Crippen LogP contribution in [0.3, 0.4) is 0 Å². The number of nitrogen functional groups attached to an aromatic ring is 1. The Bertz CT molecular complexity index is 872. The summed E-state index contributed by atoms with van der Waals surface area (Å²) < 4.78 is 3.97. The van der Waals surface area contributed by atoms with Gasteiger partial charge in [0, 0.05) is 37.3 Å². The number of aryl methyl sites for hydroxylation is 1. The number of nitrogens with zero attached hydrogens (tertiary/aromatic N) is 9. The van der Waals surface area contributed by atoms with E-state index in [0.717, 1.165) is 55.6 Å². The zero-order chi connectivity index (χ0) is 18.8. The molecule has 0 unspecified atom stereocenters. The molecule has 3 aromatic heterocycles. The van der Waals surface area contributed by atoms with Gasteiger partial charge in [-0.25, -0.2) is 14.6 Å². The SMILES string of the molecule is CCn1c(Cn2cncn2)nnc1C1CCN(c2cc(C)nc(N)n2)CC1. The van der Waals surface area contributed by atoms with E-state index in [0.29, 0.717) is 18.4 Å². The van der Waals surface area contributed by atoms with Crippen molar-refractivity contribution in [1.29, 1.82) is 0 Å². The lowest BCUT2D eigenvalue weighted by Gasteiger charge is -2.32. The maximum atomic E-state index is 5.80. The summed E-state index contributed by atoms with van der Waals surface area (Å²) in [5.74, 6) is 3.60. The third-order valence-corrected chi connectivity index (χ3v) is 4.98. The van der Waals surface area contributed by atoms with Crippen LogP contribution in [0.2, 0.25) is 0 Å². The molecule has 0 spiro atoms. The van der Waals surface area contributed by atoms with Crippen molar-refractivity contribution < 1.29 is 0 Å². The monoisotopic (exact) mass is 368 g/mol. The number of anilines is 2. The zero-order valence-corrected chi connectivity index (χ0v) is 15.7. The lowest BCUT2D eigenvalue weighted by molar-refractivity contribution is 0.461. The van der Waals surface area contributed by atoms with Crippen molar-refractivity contribution >= 4 is 11.8 Å². The number of hydrogen-bond donors (Lipinski definition) is 1. The highest BCUT2D eigenvalue weighted by Crippen LogP contribution is 2.29. The summed E-state index contributed by atoms with van der Waals surface area (Å²) in [6.45, 7) is 7.31. The van der Waals surface area contributed by atoms with E-state index in [9.17, 15) is 0 Å². The van der Waals surface area contributed by atoms with Crippen LogP contribution in [0.1, 0.15) is 43.0 Å². The highest BCUT2D eigenvalue weighted by atomic mass is 15.4. The second-order valence-corrected chi connectivity index (χ2v) is 6.80. The molecule has 0 atom stereocenters. The number of nitrogens with two attached hydrogens (primary N) is 1. The van der Waals surface area contributed by atoms with Gasteiger partial charge in [0.15, 0.2) is 5.82 Å². The Hall–Kier alpha value is -3.04. The van der Waals surface area contributed by atoms with E-state index in [1.54, 1.807) is 11.0 Å². The number of piperidine rings is 1. The summed E-state index contributed by atoms with van der Waals surface area (Å²) in [6.07, 6.45) is 5.24. The average Bonchev–Trinajstić information content (AvgIpc) is 3.31. The Labute approximate surface area is 157 Å². The first-order chi connectivity index (χ1) is 13.1. The van der Waals surface area contributed by atoms with E-state index in [1.165, 1.54) is 6.33 Å². The summed E-state index contributed by atoms with van der Waals surface area (Å²) in [7, 11) is 0. The fourth-order valence-corrected chi connectivity index (χ4v) is 3.68. The van der Waals surface area contributed by atoms with Crippen molar-refractivity contribution in [2.75, 3.05) is 23.7 Å². The van der Waals surface area contributed by atoms with E-state index in [4.69, 9.17) is 5.73 Å². The minimum Gasteiger partial charge on any atom is -0.368 e. The molecule has 10 nitrogen and oxygen atoms in total. The Balaban J connectivity index is 1.47. The molecule has 3 aromatic rings. The van der Waals surface area contributed by atoms with Gasteiger partial charge in [-0.3, -0.25) is 0 Å². The van der Waals surface area contributed by atoms with Crippen LogP contribution >= 0.6 is 0 Å². The molecule has 27 heavy (non-hydrogen) atoms. The van der Waals surface area contributed by atoms with Gasteiger partial charge in [0.05, 0.1) is 0 Å². The smallest absolute Gasteiger partial charge is 0.222 e. The standard InChI is InChI=1S/C17H24N10/c1-3-27-15(9-26-11-19-10-20-26)23-24-16(27)13-4-6-25(7-5-13)14-8-12(2)21-17(18)22-14/h8,10-11,13H,3-7,9H2,1-2H3,(H2,18,21,22). The van der Waals surface area contributed by atoms with Gasteiger partial charge in [0.25, 0.3) is 0 Å². The zero-order valence-electron chi connectivity index (χ0n) is 15.7. The van der Waals surface area contributed by atoms with Gasteiger partial charge in [-0.1, -0.05) is 0 Å². The Kier molecular flexibility index (Phi) is 4.69. The van der Waals surface area contributed by atoms with Crippen LogP contribution in [-0.4, -0.2) is 52.6 Å². The van der Waals surface area contributed by atoms with Crippen LogP contribution in [0.5, 0.6) is 0 Å². The molecule has 142 valence electrons. The first-order valence-corrected chi connectivity index (χ1v) is 9.24. The molecule has 1 aliphatic heterocycles. The Morgan fingerprint density at radius 3 is 2.67 bits per heavy atom. The summed E-state index contributed by atoms with van der Waals surface area (Å²) in [5, 5.41) is 13.1. The van der Waals surface area contributed by atoms with Crippen molar-refractivity contribution in [3.63, 3.8) is 0 Å². The van der Waals surface area contributed by atoms with E-state index in [2.05, 4.69) is 46.6 Å². The Morgan fingerprint density at radius 1 is 1.19 bits per heavy atom. The predicted molar refractivity (Wildman–Crippen MR) is 100 cm³/mol. The minimum atomic E-state index is 0.329. The third kappa shape index (κ3) is 3.60. The fourth-order valence-electron chi connectivity index (χ4n) is 3.68. The summed E-state index contributed by atoms with van der Waals surface area (Å²) >= 11 is 0. The van der Waals surface area contributed by atoms with Crippen LogP contribution in [0.4, 0.5) is 11.8 Å². The van der Waals surface area contributed by atoms with Gasteiger partial charge in [0.1, 0.15) is 30.8 Å². The molecule has 1 aliphatic rings. The molecule has 1 saturated heterocycles. The van der Waals surface area contributed by atoms with E-state index in [-0.39, 0.29) is 0 Å². The van der Waals surface area contributed by atoms with Gasteiger partial charge in [-0.2, -0.15) is 10.1 Å². The summed E-state index contributed by atoms with van der Waals surface area (Å²) in [4.78, 5) is 14.8. The van der Waals surface area contributed by atoms with Gasteiger partial charge in [0.2, 0.25) is 5.95 Å². The van der Waals surface area contributed by atoms with Gasteiger partial charge >= 0.3 is 0 Å². The van der Waals surface area contributed by atoms with Crippen LogP contribution in [-0.2, 0) is 13.1 Å². The minimum absolute atomic E-state index is 0.329. The maximum Gasteiger partial charge on any atom is 0.222 e. The van der Waals surface area contributed by atoms with Crippen LogP contribution < -0.4 is 10.6 Å². The molecule has 0 amide bonds. The van der Waals surface area contributed by atoms with Crippen LogP contribution in [0.25, 0.3) is 0 Å². The lowest BCUT2D eigenvalue weighted by Crippen LogP contribution is -2.34. The lowest BCUT2D eigenvalue weighted by atomic mass is 9.96. The topological polar surface area (TPSA) is 116 Å². The average molecular weight is 368 g/mol. The molecule has 1 fully saturated rings. The first-order valence-electron chi connectivity index (χ1n) is 9.24. The van der Waals surface area contributed by atoms with Crippen molar-refractivity contribution in [3.05, 3.63) is 36.1 Å². The van der Waals surface area contributed by atoms with Crippen molar-refractivity contribution in [2.24, 2.45) is 0 Å². The number of hydrogen-bond acceptors (Lipinski definition) is 8. The third-order valence-electron chi connectivity index (χ3n) is 4.98. The first kappa shape index (κ1) is 17.4. The molecule has 4 heterocycles. The van der Waals surface area contributed by atoms with Crippen LogP contribution in [0, 0.1) is 6.92 Å². The molecular formula is C17H24N10. The maximum absolute atomic E-state index is 5.80. The molecule has 0 aliphatic carbocycles. The highest BCUT2D eigenvalue weighted by Gasteiger charge is 2.26. The van der Waals surface area contributed by atoms with Crippen molar-refractivity contribution in [1.82, 2.24) is 39.5 Å². The fraction of sp³-hybridized carbons (Fsp3) is 0.529. The van der Waals surface area contributed by atoms with Crippen molar-refractivity contribution in [2.45, 2.75) is 45.7 Å². The number of aromatic nitrogens is 8. The van der Waals surface area contributed by atoms with Crippen LogP contribution in [0.15, 0.2) is 18.7 Å². The number of rotatable bonds is 5. The molecule has 2 N–H and O–H groups in total. The summed E-state index contributed by atoms with van der Waals surface area (Å²) in [5.41, 5.74) is 6.69. The van der Waals surface area contributed by atoms with E-state index < -0.39 is 0 Å². The van der Waals surface area contributed by atoms with E-state index in [1.807, 2.05) is 13.0 Å². The molecular weight excluding hydrogens is 344 g/mol. The van der Waals surface area contributed by atoms with E-state index >= 15 is 0 Å². The normalized spacial score (nSPS) is 15.4. The second kappa shape index (κ2) is 7.29. The molecule has 0 bridgehead atoms. The largest absolute Gasteiger partial charge is 0.368 e. The molecule has 10 heteroatoms. The predicted octanol–water partition coefficient (Wildman–Crippen LogP) is 1.00. The molecule has 4 rings (SSSR count). The van der Waals surface area contributed by atoms with Gasteiger partial charge < -0.3 is 15.2 Å². The quantitative estimate of drug-likeness (QED) is 0.709. The Morgan fingerprint density at radius 2 is 2.00 bits per heavy atom.